The van der Waals surface area contributed by atoms with Gasteiger partial charge in [-0.2, -0.15) is 0 Å². The minimum Gasteiger partial charge on any atom is -0.444 e. The monoisotopic (exact) mass is 447 g/mol. The molecule has 2 rings (SSSR count). The number of nitrogens with one attached hydrogen (secondary N) is 2. The average Bonchev–Trinajstić information content (AvgIpc) is 2.84. The maximum absolute atomic E-state index is 13.9. The third-order valence-electron chi connectivity index (χ3n) is 5.64. The number of ether oxygens (including phenoxy) is 1. The first-order chi connectivity index (χ1) is 15.0. The lowest BCUT2D eigenvalue weighted by Gasteiger charge is -2.39. The Morgan fingerprint density at radius 3 is 2.50 bits per heavy atom. The molecule has 1 aromatic rings. The lowest BCUT2D eigenvalue weighted by atomic mass is 9.91. The highest BCUT2D eigenvalue weighted by atomic mass is 16.6. The average molecular weight is 448 g/mol. The molecule has 0 radical (unpaired) electrons. The van der Waals surface area contributed by atoms with E-state index in [1.165, 1.54) is 0 Å². The van der Waals surface area contributed by atoms with Crippen molar-refractivity contribution in [2.24, 2.45) is 11.8 Å². The summed E-state index contributed by atoms with van der Waals surface area (Å²) >= 11 is 0. The Morgan fingerprint density at radius 2 is 1.91 bits per heavy atom. The van der Waals surface area contributed by atoms with Crippen molar-refractivity contribution in [3.63, 3.8) is 0 Å². The van der Waals surface area contributed by atoms with Gasteiger partial charge in [0.15, 0.2) is 0 Å². The molecular formula is C25H41N3O4. The van der Waals surface area contributed by atoms with Crippen molar-refractivity contribution in [1.82, 2.24) is 15.5 Å². The first-order valence-corrected chi connectivity index (χ1v) is 11.7. The van der Waals surface area contributed by atoms with Gasteiger partial charge in [-0.05, 0) is 57.6 Å². The molecule has 7 nitrogen and oxygen atoms in total. The number of alkyl carbamates (subject to hydrolysis) is 1. The molecule has 3 N–H and O–H groups in total. The number of aliphatic hydroxyl groups is 1. The van der Waals surface area contributed by atoms with Gasteiger partial charge in [0.05, 0.1) is 12.1 Å². The number of carbonyl (C=O) groups excluding carboxylic acids is 2. The summed E-state index contributed by atoms with van der Waals surface area (Å²) in [5.74, 6) is 0.107. The van der Waals surface area contributed by atoms with Crippen LogP contribution in [0.25, 0.3) is 0 Å². The van der Waals surface area contributed by atoms with E-state index in [0.717, 1.165) is 18.5 Å². The zero-order valence-electron chi connectivity index (χ0n) is 20.4. The van der Waals surface area contributed by atoms with Gasteiger partial charge in [-0.15, -0.1) is 0 Å². The van der Waals surface area contributed by atoms with Crippen LogP contribution < -0.4 is 10.6 Å². The molecule has 1 aromatic carbocycles. The van der Waals surface area contributed by atoms with Gasteiger partial charge in [0.1, 0.15) is 11.6 Å². The predicted molar refractivity (Wildman–Crippen MR) is 126 cm³/mol. The van der Waals surface area contributed by atoms with E-state index < -0.39 is 23.8 Å². The first-order valence-electron chi connectivity index (χ1n) is 11.7. The second-order valence-corrected chi connectivity index (χ2v) is 10.3. The van der Waals surface area contributed by atoms with E-state index >= 15 is 0 Å². The van der Waals surface area contributed by atoms with E-state index in [0.29, 0.717) is 19.5 Å². The number of β-amino-alcohol motifs (C(OH)–C–C–N with tert-alkyl or cyclic N) is 1. The molecule has 1 fully saturated rings. The van der Waals surface area contributed by atoms with E-state index in [1.807, 2.05) is 44.2 Å². The van der Waals surface area contributed by atoms with Crippen molar-refractivity contribution >= 4 is 12.0 Å². The fraction of sp³-hybridized carbons (Fsp3) is 0.680. The second-order valence-electron chi connectivity index (χ2n) is 10.3. The number of nitrogens with zero attached hydrogens (tertiary/aromatic N) is 1. The summed E-state index contributed by atoms with van der Waals surface area (Å²) in [6, 6.07) is 8.69. The number of hydrogen-bond acceptors (Lipinski definition) is 5. The van der Waals surface area contributed by atoms with Crippen LogP contribution in [0.2, 0.25) is 0 Å². The van der Waals surface area contributed by atoms with E-state index in [-0.39, 0.29) is 23.8 Å². The van der Waals surface area contributed by atoms with Crippen LogP contribution in [0, 0.1) is 11.8 Å². The van der Waals surface area contributed by atoms with Gasteiger partial charge in [-0.1, -0.05) is 51.1 Å². The molecule has 0 saturated carbocycles. The molecule has 1 aliphatic heterocycles. The highest BCUT2D eigenvalue weighted by Gasteiger charge is 2.38. The van der Waals surface area contributed by atoms with Crippen LogP contribution in [-0.4, -0.2) is 58.9 Å². The lowest BCUT2D eigenvalue weighted by Crippen LogP contribution is -2.57. The largest absolute Gasteiger partial charge is 0.444 e. The second kappa shape index (κ2) is 11.7. The van der Waals surface area contributed by atoms with Gasteiger partial charge in [0.2, 0.25) is 5.91 Å². The fourth-order valence-electron chi connectivity index (χ4n) is 4.22. The fourth-order valence-corrected chi connectivity index (χ4v) is 4.22. The Bertz CT molecular complexity index is 720. The third kappa shape index (κ3) is 8.10. The van der Waals surface area contributed by atoms with Crippen LogP contribution in [0.1, 0.15) is 59.9 Å². The number of amides is 2. The quantitative estimate of drug-likeness (QED) is 0.597. The molecule has 7 heteroatoms. The molecule has 0 bridgehead atoms. The number of rotatable bonds is 7. The molecule has 1 heterocycles. The van der Waals surface area contributed by atoms with Crippen molar-refractivity contribution < 1.29 is 19.4 Å². The van der Waals surface area contributed by atoms with Crippen LogP contribution >= 0.6 is 0 Å². The molecule has 0 aromatic heterocycles. The minimum absolute atomic E-state index is 0.105. The molecule has 32 heavy (non-hydrogen) atoms. The molecule has 4 atom stereocenters. The van der Waals surface area contributed by atoms with E-state index in [4.69, 9.17) is 4.74 Å². The smallest absolute Gasteiger partial charge is 0.408 e. The molecule has 2 amide bonds. The zero-order chi connectivity index (χ0) is 23.9. The Kier molecular flexibility index (Phi) is 9.52. The zero-order valence-corrected chi connectivity index (χ0v) is 20.4. The number of benzene rings is 1. The summed E-state index contributed by atoms with van der Waals surface area (Å²) in [6.45, 7) is 13.1. The van der Waals surface area contributed by atoms with Crippen LogP contribution in [-0.2, 0) is 16.1 Å². The van der Waals surface area contributed by atoms with Gasteiger partial charge in [0.25, 0.3) is 0 Å². The van der Waals surface area contributed by atoms with E-state index in [1.54, 1.807) is 25.7 Å². The van der Waals surface area contributed by atoms with Crippen LogP contribution in [0.3, 0.4) is 0 Å². The molecule has 180 valence electrons. The van der Waals surface area contributed by atoms with Crippen molar-refractivity contribution in [3.8, 4) is 0 Å². The normalized spacial score (nSPS) is 22.7. The lowest BCUT2D eigenvalue weighted by molar-refractivity contribution is -0.141. The van der Waals surface area contributed by atoms with E-state index in [9.17, 15) is 14.7 Å². The highest BCUT2D eigenvalue weighted by molar-refractivity contribution is 5.86. The van der Waals surface area contributed by atoms with Crippen molar-refractivity contribution in [2.45, 2.75) is 84.7 Å². The summed E-state index contributed by atoms with van der Waals surface area (Å²) in [5, 5.41) is 17.0. The Morgan fingerprint density at radius 1 is 1.25 bits per heavy atom. The van der Waals surface area contributed by atoms with Crippen molar-refractivity contribution in [2.75, 3.05) is 13.1 Å². The Labute approximate surface area is 192 Å². The molecule has 3 unspecified atom stereocenters. The molecule has 0 aliphatic carbocycles. The van der Waals surface area contributed by atoms with Crippen molar-refractivity contribution in [3.05, 3.63) is 35.9 Å². The summed E-state index contributed by atoms with van der Waals surface area (Å²) in [5.41, 5.74) is 0.328. The van der Waals surface area contributed by atoms with Gasteiger partial charge < -0.3 is 25.4 Å². The topological polar surface area (TPSA) is 90.9 Å². The molecule has 1 aliphatic rings. The van der Waals surface area contributed by atoms with Crippen molar-refractivity contribution in [1.29, 1.82) is 0 Å². The van der Waals surface area contributed by atoms with Gasteiger partial charge in [0, 0.05) is 13.1 Å². The number of carbonyl (C=O) groups is 2. The number of hydrogen-bond donors (Lipinski definition) is 3. The maximum Gasteiger partial charge on any atom is 0.408 e. The third-order valence-corrected chi connectivity index (χ3v) is 5.64. The molecular weight excluding hydrogens is 406 g/mol. The van der Waals surface area contributed by atoms with Crippen LogP contribution in [0.15, 0.2) is 30.3 Å². The van der Waals surface area contributed by atoms with E-state index in [2.05, 4.69) is 17.6 Å². The Balaban J connectivity index is 2.36. The maximum atomic E-state index is 13.9. The minimum atomic E-state index is -0.732. The van der Waals surface area contributed by atoms with Gasteiger partial charge in [-0.3, -0.25) is 4.79 Å². The van der Waals surface area contributed by atoms with Crippen LogP contribution in [0.4, 0.5) is 4.79 Å². The highest BCUT2D eigenvalue weighted by Crippen LogP contribution is 2.25. The summed E-state index contributed by atoms with van der Waals surface area (Å²) in [4.78, 5) is 28.2. The SMILES string of the molecule is CC(C)CC(NC(=O)OC(C)(C)C)C(=O)N(Cc1ccccc1)C1C(C)CCNC[C@@H]1O. The predicted octanol–water partition coefficient (Wildman–Crippen LogP) is 3.31. The summed E-state index contributed by atoms with van der Waals surface area (Å²) < 4.78 is 5.43. The van der Waals surface area contributed by atoms with Gasteiger partial charge in [-0.25, -0.2) is 4.79 Å². The molecule has 0 spiro atoms. The first kappa shape index (κ1) is 26.1. The van der Waals surface area contributed by atoms with Crippen LogP contribution in [0.5, 0.6) is 0 Å². The standard InChI is InChI=1S/C25H41N3O4/c1-17(2)14-20(27-24(31)32-25(4,5)6)23(30)28(16-19-10-8-7-9-11-19)22-18(3)12-13-26-15-21(22)29/h7-11,17-18,20-22,26,29H,12-16H2,1-6H3,(H,27,31)/t18?,20?,21-,22?/m0/s1. The summed E-state index contributed by atoms with van der Waals surface area (Å²) in [6.07, 6.45) is 0.0432. The summed E-state index contributed by atoms with van der Waals surface area (Å²) in [7, 11) is 0. The number of aliphatic hydroxyl groups excluding tert-OH is 1. The van der Waals surface area contributed by atoms with Gasteiger partial charge >= 0.3 is 6.09 Å². The molecule has 1 saturated heterocycles. The Hall–Kier alpha value is -2.12.